The Morgan fingerprint density at radius 3 is 2.60 bits per heavy atom. The first-order valence-corrected chi connectivity index (χ1v) is 5.14. The Kier molecular flexibility index (Phi) is 3.71. The lowest BCUT2D eigenvalue weighted by Crippen LogP contribution is -2.39. The van der Waals surface area contributed by atoms with Gasteiger partial charge in [-0.1, -0.05) is 19.8 Å². The van der Waals surface area contributed by atoms with Crippen LogP contribution in [0.4, 0.5) is 5.69 Å². The smallest absolute Gasteiger partial charge is 0.330 e. The Morgan fingerprint density at radius 2 is 2.00 bits per heavy atom. The van der Waals surface area contributed by atoms with Crippen molar-refractivity contribution in [2.24, 2.45) is 7.05 Å². The van der Waals surface area contributed by atoms with Gasteiger partial charge >= 0.3 is 5.69 Å². The number of nitrogens with two attached hydrogens (primary N) is 1. The maximum Gasteiger partial charge on any atom is 0.330 e. The molecule has 0 saturated heterocycles. The van der Waals surface area contributed by atoms with E-state index in [1.807, 2.05) is 0 Å². The molecular formula is C10H17N3O2. The average molecular weight is 211 g/mol. The molecule has 0 amide bonds. The molecule has 0 aliphatic rings. The molecule has 1 aromatic heterocycles. The zero-order valence-corrected chi connectivity index (χ0v) is 9.19. The van der Waals surface area contributed by atoms with Gasteiger partial charge in [-0.25, -0.2) is 4.79 Å². The minimum Gasteiger partial charge on any atom is -0.393 e. The van der Waals surface area contributed by atoms with E-state index in [9.17, 15) is 9.59 Å². The quantitative estimate of drug-likeness (QED) is 0.729. The average Bonchev–Trinajstić information content (AvgIpc) is 2.20. The third-order valence-corrected chi connectivity index (χ3v) is 2.34. The van der Waals surface area contributed by atoms with Crippen LogP contribution in [0, 0.1) is 0 Å². The number of nitrogens with zero attached hydrogens (tertiary/aromatic N) is 2. The number of hydrogen-bond acceptors (Lipinski definition) is 3. The Morgan fingerprint density at radius 1 is 1.33 bits per heavy atom. The molecular weight excluding hydrogens is 194 g/mol. The summed E-state index contributed by atoms with van der Waals surface area (Å²) in [5.41, 5.74) is 4.94. The summed E-state index contributed by atoms with van der Waals surface area (Å²) in [5.74, 6) is 0. The fourth-order valence-electron chi connectivity index (χ4n) is 1.47. The number of aryl methyl sites for hydroxylation is 1. The molecule has 0 unspecified atom stereocenters. The fraction of sp³-hybridized carbons (Fsp3) is 0.600. The summed E-state index contributed by atoms with van der Waals surface area (Å²) in [6.07, 6.45) is 4.25. The molecule has 1 aromatic rings. The topological polar surface area (TPSA) is 70.0 Å². The number of rotatable bonds is 4. The number of aromatic nitrogens is 2. The lowest BCUT2D eigenvalue weighted by molar-refractivity contribution is 0.544. The van der Waals surface area contributed by atoms with Crippen LogP contribution in [0.2, 0.25) is 0 Å². The summed E-state index contributed by atoms with van der Waals surface area (Å²) in [5, 5.41) is 0. The van der Waals surface area contributed by atoms with Crippen LogP contribution in [0.1, 0.15) is 26.2 Å². The van der Waals surface area contributed by atoms with Crippen LogP contribution in [0.3, 0.4) is 0 Å². The van der Waals surface area contributed by atoms with E-state index >= 15 is 0 Å². The van der Waals surface area contributed by atoms with Crippen molar-refractivity contribution < 1.29 is 0 Å². The first kappa shape index (κ1) is 11.6. The van der Waals surface area contributed by atoms with Gasteiger partial charge in [0, 0.05) is 19.8 Å². The lowest BCUT2D eigenvalue weighted by atomic mass is 10.2. The van der Waals surface area contributed by atoms with Crippen molar-refractivity contribution in [3.05, 3.63) is 27.0 Å². The molecule has 0 spiro atoms. The summed E-state index contributed by atoms with van der Waals surface area (Å²) < 4.78 is 2.54. The summed E-state index contributed by atoms with van der Waals surface area (Å²) >= 11 is 0. The Balaban J connectivity index is 3.05. The molecule has 15 heavy (non-hydrogen) atoms. The minimum atomic E-state index is -0.380. The molecule has 0 bridgehead atoms. The summed E-state index contributed by atoms with van der Waals surface area (Å²) in [7, 11) is 1.59. The maximum atomic E-state index is 11.6. The highest BCUT2D eigenvalue weighted by molar-refractivity contribution is 5.30. The highest BCUT2D eigenvalue weighted by Crippen LogP contribution is 1.95. The molecule has 0 saturated carbocycles. The van der Waals surface area contributed by atoms with E-state index in [0.717, 1.165) is 19.3 Å². The van der Waals surface area contributed by atoms with E-state index in [0.29, 0.717) is 6.54 Å². The third-order valence-electron chi connectivity index (χ3n) is 2.34. The van der Waals surface area contributed by atoms with Crippen LogP contribution in [-0.2, 0) is 13.6 Å². The van der Waals surface area contributed by atoms with Crippen molar-refractivity contribution in [2.75, 3.05) is 5.73 Å². The van der Waals surface area contributed by atoms with Crippen LogP contribution in [0.15, 0.2) is 15.8 Å². The van der Waals surface area contributed by atoms with Gasteiger partial charge < -0.3 is 10.3 Å². The largest absolute Gasteiger partial charge is 0.393 e. The third kappa shape index (κ3) is 2.49. The second-order valence-electron chi connectivity index (χ2n) is 3.64. The van der Waals surface area contributed by atoms with Crippen molar-refractivity contribution in [1.82, 2.24) is 9.13 Å². The molecule has 5 heteroatoms. The Labute approximate surface area is 88.1 Å². The van der Waals surface area contributed by atoms with Crippen molar-refractivity contribution in [3.63, 3.8) is 0 Å². The van der Waals surface area contributed by atoms with Crippen molar-refractivity contribution >= 4 is 5.69 Å². The summed E-state index contributed by atoms with van der Waals surface area (Å²) in [4.78, 5) is 23.2. The standard InChI is InChI=1S/C10H17N3O2/c1-3-4-5-6-13-9(14)8(11)7-12(2)10(13)15/h7H,3-6,11H2,1-2H3. The van der Waals surface area contributed by atoms with E-state index in [2.05, 4.69) is 6.92 Å². The van der Waals surface area contributed by atoms with Gasteiger partial charge in [0.2, 0.25) is 0 Å². The zero-order valence-electron chi connectivity index (χ0n) is 9.19. The number of anilines is 1. The van der Waals surface area contributed by atoms with Gasteiger partial charge in [0.1, 0.15) is 5.69 Å². The second kappa shape index (κ2) is 4.82. The van der Waals surface area contributed by atoms with Gasteiger partial charge in [0.05, 0.1) is 0 Å². The number of nitrogen functional groups attached to an aromatic ring is 1. The number of hydrogen-bond donors (Lipinski definition) is 1. The second-order valence-corrected chi connectivity index (χ2v) is 3.64. The molecule has 2 N–H and O–H groups in total. The van der Waals surface area contributed by atoms with Crippen LogP contribution in [-0.4, -0.2) is 9.13 Å². The maximum absolute atomic E-state index is 11.6. The first-order chi connectivity index (χ1) is 7.07. The lowest BCUT2D eigenvalue weighted by Gasteiger charge is -2.07. The van der Waals surface area contributed by atoms with Crippen molar-refractivity contribution in [1.29, 1.82) is 0 Å². The zero-order chi connectivity index (χ0) is 11.4. The summed E-state index contributed by atoms with van der Waals surface area (Å²) in [6, 6.07) is 0. The first-order valence-electron chi connectivity index (χ1n) is 5.14. The molecule has 0 fully saturated rings. The van der Waals surface area contributed by atoms with Gasteiger partial charge in [-0.3, -0.25) is 9.36 Å². The monoisotopic (exact) mass is 211 g/mol. The summed E-state index contributed by atoms with van der Waals surface area (Å²) in [6.45, 7) is 2.52. The van der Waals surface area contributed by atoms with Crippen LogP contribution in [0.25, 0.3) is 0 Å². The molecule has 0 atom stereocenters. The van der Waals surface area contributed by atoms with E-state index in [-0.39, 0.29) is 16.9 Å². The molecule has 1 rings (SSSR count). The molecule has 1 heterocycles. The van der Waals surface area contributed by atoms with Gasteiger partial charge in [-0.2, -0.15) is 0 Å². The molecule has 0 aliphatic carbocycles. The van der Waals surface area contributed by atoms with Crippen LogP contribution >= 0.6 is 0 Å². The normalized spacial score (nSPS) is 10.5. The van der Waals surface area contributed by atoms with E-state index in [1.165, 1.54) is 15.3 Å². The number of unbranched alkanes of at least 4 members (excludes halogenated alkanes) is 2. The molecule has 84 valence electrons. The predicted octanol–water partition coefficient (Wildman–Crippen LogP) is 0.319. The van der Waals surface area contributed by atoms with Gasteiger partial charge in [0.15, 0.2) is 0 Å². The predicted molar refractivity (Wildman–Crippen MR) is 59.9 cm³/mol. The SMILES string of the molecule is CCCCCn1c(=O)c(N)cn(C)c1=O. The Bertz CT molecular complexity index is 411. The molecule has 5 nitrogen and oxygen atoms in total. The van der Waals surface area contributed by atoms with Gasteiger partial charge in [0.25, 0.3) is 5.56 Å². The van der Waals surface area contributed by atoms with Gasteiger partial charge in [-0.05, 0) is 6.42 Å². The molecule has 0 radical (unpaired) electrons. The molecule has 0 aliphatic heterocycles. The van der Waals surface area contributed by atoms with Crippen LogP contribution < -0.4 is 17.0 Å². The van der Waals surface area contributed by atoms with E-state index in [1.54, 1.807) is 7.05 Å². The van der Waals surface area contributed by atoms with Crippen molar-refractivity contribution in [3.8, 4) is 0 Å². The Hall–Kier alpha value is -1.52. The molecule has 0 aromatic carbocycles. The highest BCUT2D eigenvalue weighted by atomic mass is 16.2. The minimum absolute atomic E-state index is 0.119. The van der Waals surface area contributed by atoms with Crippen LogP contribution in [0.5, 0.6) is 0 Å². The fourth-order valence-corrected chi connectivity index (χ4v) is 1.47. The van der Waals surface area contributed by atoms with Gasteiger partial charge in [-0.15, -0.1) is 0 Å². The van der Waals surface area contributed by atoms with E-state index < -0.39 is 0 Å². The van der Waals surface area contributed by atoms with Crippen molar-refractivity contribution in [2.45, 2.75) is 32.7 Å². The highest BCUT2D eigenvalue weighted by Gasteiger charge is 2.06. The van der Waals surface area contributed by atoms with E-state index in [4.69, 9.17) is 5.73 Å².